The van der Waals surface area contributed by atoms with Crippen molar-refractivity contribution < 1.29 is 17.9 Å². The fraction of sp³-hybridized carbons (Fsp3) is 0.118. The Morgan fingerprint density at radius 3 is 2.64 bits per heavy atom. The molecule has 1 aliphatic rings. The number of carbonyl (C=O) groups excluding carboxylic acids is 1. The lowest BCUT2D eigenvalue weighted by Crippen LogP contribution is -2.34. The van der Waals surface area contributed by atoms with E-state index in [-0.39, 0.29) is 5.91 Å². The molecular formula is C17H15ClN2O4S. The zero-order chi connectivity index (χ0) is 18.0. The molecule has 0 fully saturated rings. The zero-order valence-electron chi connectivity index (χ0n) is 13.2. The Kier molecular flexibility index (Phi) is 4.69. The summed E-state index contributed by atoms with van der Waals surface area (Å²) in [6, 6.07) is 11.4. The third-order valence-corrected chi connectivity index (χ3v) is 4.75. The van der Waals surface area contributed by atoms with E-state index in [4.69, 9.17) is 16.3 Å². The van der Waals surface area contributed by atoms with Gasteiger partial charge in [-0.05, 0) is 48.9 Å². The van der Waals surface area contributed by atoms with Gasteiger partial charge >= 0.3 is 0 Å². The third kappa shape index (κ3) is 4.32. The SMILES string of the molecule is C[C@@H]1Oc2ccc(NS(=O)(=O)/C=C/c3ccc(Cl)cc3)cc2NC1=O. The first-order valence-electron chi connectivity index (χ1n) is 7.40. The van der Waals surface area contributed by atoms with E-state index in [0.717, 1.165) is 5.41 Å². The summed E-state index contributed by atoms with van der Waals surface area (Å²) < 4.78 is 32.2. The maximum atomic E-state index is 12.2. The summed E-state index contributed by atoms with van der Waals surface area (Å²) in [5.41, 5.74) is 1.44. The van der Waals surface area contributed by atoms with Gasteiger partial charge in [-0.15, -0.1) is 0 Å². The van der Waals surface area contributed by atoms with Crippen molar-refractivity contribution in [1.29, 1.82) is 0 Å². The molecule has 1 atom stereocenters. The van der Waals surface area contributed by atoms with Gasteiger partial charge in [-0.25, -0.2) is 8.42 Å². The van der Waals surface area contributed by atoms with E-state index < -0.39 is 16.1 Å². The van der Waals surface area contributed by atoms with Crippen molar-refractivity contribution in [2.24, 2.45) is 0 Å². The van der Waals surface area contributed by atoms with Crippen LogP contribution in [-0.4, -0.2) is 20.4 Å². The van der Waals surface area contributed by atoms with Gasteiger partial charge in [-0.3, -0.25) is 9.52 Å². The van der Waals surface area contributed by atoms with Crippen molar-refractivity contribution >= 4 is 45.0 Å². The maximum Gasteiger partial charge on any atom is 0.265 e. The van der Waals surface area contributed by atoms with E-state index in [0.29, 0.717) is 27.7 Å². The van der Waals surface area contributed by atoms with E-state index in [1.165, 1.54) is 12.1 Å². The molecule has 0 spiro atoms. The van der Waals surface area contributed by atoms with Crippen LogP contribution in [0.3, 0.4) is 0 Å². The summed E-state index contributed by atoms with van der Waals surface area (Å²) in [6.07, 6.45) is 0.876. The molecule has 25 heavy (non-hydrogen) atoms. The number of ether oxygens (including phenoxy) is 1. The number of nitrogens with one attached hydrogen (secondary N) is 2. The Bertz CT molecular complexity index is 940. The summed E-state index contributed by atoms with van der Waals surface area (Å²) in [6.45, 7) is 1.64. The zero-order valence-corrected chi connectivity index (χ0v) is 14.8. The highest BCUT2D eigenvalue weighted by atomic mass is 35.5. The van der Waals surface area contributed by atoms with Crippen LogP contribution in [0.4, 0.5) is 11.4 Å². The first-order chi connectivity index (χ1) is 11.8. The first-order valence-corrected chi connectivity index (χ1v) is 9.33. The molecule has 6 nitrogen and oxygen atoms in total. The van der Waals surface area contributed by atoms with Gasteiger partial charge in [0.05, 0.1) is 16.8 Å². The van der Waals surface area contributed by atoms with E-state index in [9.17, 15) is 13.2 Å². The highest BCUT2D eigenvalue weighted by molar-refractivity contribution is 7.95. The number of anilines is 2. The Labute approximate surface area is 150 Å². The molecule has 0 aromatic heterocycles. The molecule has 2 aromatic rings. The van der Waals surface area contributed by atoms with Crippen molar-refractivity contribution in [3.8, 4) is 5.75 Å². The fourth-order valence-corrected chi connectivity index (χ4v) is 3.20. The van der Waals surface area contributed by atoms with Crippen LogP contribution in [-0.2, 0) is 14.8 Å². The number of benzene rings is 2. The molecule has 1 amide bonds. The second kappa shape index (κ2) is 6.78. The lowest BCUT2D eigenvalue weighted by atomic mass is 10.2. The molecule has 0 saturated carbocycles. The van der Waals surface area contributed by atoms with Crippen molar-refractivity contribution in [3.63, 3.8) is 0 Å². The molecule has 130 valence electrons. The van der Waals surface area contributed by atoms with Crippen molar-refractivity contribution in [2.45, 2.75) is 13.0 Å². The number of hydrogen-bond acceptors (Lipinski definition) is 4. The van der Waals surface area contributed by atoms with Gasteiger partial charge < -0.3 is 10.1 Å². The maximum absolute atomic E-state index is 12.2. The molecule has 0 bridgehead atoms. The van der Waals surface area contributed by atoms with Crippen molar-refractivity contribution in [2.75, 3.05) is 10.0 Å². The third-order valence-electron chi connectivity index (χ3n) is 3.48. The van der Waals surface area contributed by atoms with Crippen LogP contribution in [0, 0.1) is 0 Å². The quantitative estimate of drug-likeness (QED) is 0.853. The van der Waals surface area contributed by atoms with Crippen LogP contribution in [0.25, 0.3) is 6.08 Å². The highest BCUT2D eigenvalue weighted by Crippen LogP contribution is 2.32. The minimum atomic E-state index is -3.71. The largest absolute Gasteiger partial charge is 0.479 e. The molecule has 0 radical (unpaired) electrons. The number of halogens is 1. The van der Waals surface area contributed by atoms with Crippen LogP contribution >= 0.6 is 11.6 Å². The predicted octanol–water partition coefficient (Wildman–Crippen LogP) is 3.47. The van der Waals surface area contributed by atoms with Crippen molar-refractivity contribution in [1.82, 2.24) is 0 Å². The van der Waals surface area contributed by atoms with Gasteiger partial charge in [-0.2, -0.15) is 0 Å². The molecule has 1 aliphatic heterocycles. The molecule has 3 rings (SSSR count). The molecule has 0 aliphatic carbocycles. The summed E-state index contributed by atoms with van der Waals surface area (Å²) in [4.78, 5) is 11.6. The second-order valence-electron chi connectivity index (χ2n) is 5.46. The van der Waals surface area contributed by atoms with E-state index in [2.05, 4.69) is 10.0 Å². The van der Waals surface area contributed by atoms with Gasteiger partial charge in [0.1, 0.15) is 5.75 Å². The number of carbonyl (C=O) groups is 1. The topological polar surface area (TPSA) is 84.5 Å². The van der Waals surface area contributed by atoms with Crippen molar-refractivity contribution in [3.05, 3.63) is 58.5 Å². The summed E-state index contributed by atoms with van der Waals surface area (Å²) >= 11 is 5.79. The van der Waals surface area contributed by atoms with Crippen LogP contribution < -0.4 is 14.8 Å². The monoisotopic (exact) mass is 378 g/mol. The summed E-state index contributed by atoms with van der Waals surface area (Å²) in [5.74, 6) is 0.210. The number of sulfonamides is 1. The van der Waals surface area contributed by atoms with E-state index in [1.807, 2.05) is 0 Å². The molecular weight excluding hydrogens is 364 g/mol. The molecule has 0 unspecified atom stereocenters. The predicted molar refractivity (Wildman–Crippen MR) is 98.2 cm³/mol. The lowest BCUT2D eigenvalue weighted by molar-refractivity contribution is -0.122. The van der Waals surface area contributed by atoms with Crippen LogP contribution in [0.1, 0.15) is 12.5 Å². The standard InChI is InChI=1S/C17H15ClN2O4S/c1-11-17(21)19-15-10-14(6-7-16(15)24-11)20-25(22,23)9-8-12-2-4-13(18)5-3-12/h2-11,20H,1H3,(H,19,21)/b9-8+/t11-/m0/s1. The molecule has 2 aromatic carbocycles. The Morgan fingerprint density at radius 2 is 1.92 bits per heavy atom. The summed E-state index contributed by atoms with van der Waals surface area (Å²) in [7, 11) is -3.71. The average Bonchev–Trinajstić information content (AvgIpc) is 2.55. The van der Waals surface area contributed by atoms with Gasteiger partial charge in [0, 0.05) is 5.02 Å². The van der Waals surface area contributed by atoms with E-state index >= 15 is 0 Å². The van der Waals surface area contributed by atoms with Gasteiger partial charge in [0.15, 0.2) is 6.10 Å². The number of fused-ring (bicyclic) bond motifs is 1. The summed E-state index contributed by atoms with van der Waals surface area (Å²) in [5, 5.41) is 4.31. The number of hydrogen-bond donors (Lipinski definition) is 2. The fourth-order valence-electron chi connectivity index (χ4n) is 2.21. The molecule has 0 saturated heterocycles. The first kappa shape index (κ1) is 17.3. The Morgan fingerprint density at radius 1 is 1.20 bits per heavy atom. The Hall–Kier alpha value is -2.51. The average molecular weight is 379 g/mol. The van der Waals surface area contributed by atoms with Gasteiger partial charge in [-0.1, -0.05) is 23.7 Å². The molecule has 2 N–H and O–H groups in total. The van der Waals surface area contributed by atoms with Gasteiger partial charge in [0.2, 0.25) is 0 Å². The molecule has 8 heteroatoms. The van der Waals surface area contributed by atoms with Crippen LogP contribution in [0.2, 0.25) is 5.02 Å². The smallest absolute Gasteiger partial charge is 0.265 e. The van der Waals surface area contributed by atoms with Gasteiger partial charge in [0.25, 0.3) is 15.9 Å². The minimum absolute atomic E-state index is 0.282. The minimum Gasteiger partial charge on any atom is -0.479 e. The van der Waals surface area contributed by atoms with E-state index in [1.54, 1.807) is 43.3 Å². The normalized spacial score (nSPS) is 16.9. The van der Waals surface area contributed by atoms with Crippen LogP contribution in [0.15, 0.2) is 47.9 Å². The Balaban J connectivity index is 1.76. The lowest BCUT2D eigenvalue weighted by Gasteiger charge is -2.23. The number of rotatable bonds is 4. The number of amides is 1. The highest BCUT2D eigenvalue weighted by Gasteiger charge is 2.23. The second-order valence-corrected chi connectivity index (χ2v) is 7.46. The van der Waals surface area contributed by atoms with Crippen LogP contribution in [0.5, 0.6) is 5.75 Å². The molecule has 1 heterocycles.